The molecule has 5 heteroatoms. The number of fused-ring (bicyclic) bond motifs is 1. The number of hydrogen-bond acceptors (Lipinski definition) is 4. The molecule has 0 radical (unpaired) electrons. The zero-order valence-corrected chi connectivity index (χ0v) is 18.5. The number of benzene rings is 1. The highest BCUT2D eigenvalue weighted by Crippen LogP contribution is 2.23. The molecule has 0 bridgehead atoms. The monoisotopic (exact) mass is 413 g/mol. The molecule has 0 unspecified atom stereocenters. The number of aromatic nitrogens is 3. The average molecular weight is 414 g/mol. The predicted octanol–water partition coefficient (Wildman–Crippen LogP) is 4.78. The van der Waals surface area contributed by atoms with E-state index in [0.29, 0.717) is 0 Å². The van der Waals surface area contributed by atoms with Gasteiger partial charge in [0, 0.05) is 31.7 Å². The third-order valence-corrected chi connectivity index (χ3v) is 5.72. The van der Waals surface area contributed by atoms with Crippen LogP contribution in [0.4, 0.5) is 0 Å². The number of aryl methyl sites for hydroxylation is 2. The number of rotatable bonds is 9. The predicted molar refractivity (Wildman–Crippen MR) is 127 cm³/mol. The second kappa shape index (κ2) is 9.86. The van der Waals surface area contributed by atoms with Crippen LogP contribution in [-0.2, 0) is 13.1 Å². The van der Waals surface area contributed by atoms with Crippen molar-refractivity contribution in [3.05, 3.63) is 89.6 Å². The molecule has 0 amide bonds. The summed E-state index contributed by atoms with van der Waals surface area (Å²) in [7, 11) is 0. The minimum Gasteiger partial charge on any atom is -0.330 e. The van der Waals surface area contributed by atoms with Crippen LogP contribution in [-0.4, -0.2) is 32.5 Å². The smallest absolute Gasteiger partial charge is 0.0783 e. The van der Waals surface area contributed by atoms with E-state index >= 15 is 0 Å². The first kappa shape index (κ1) is 21.2. The molecule has 3 heterocycles. The largest absolute Gasteiger partial charge is 0.330 e. The summed E-state index contributed by atoms with van der Waals surface area (Å²) in [6.07, 6.45) is 8.07. The summed E-state index contributed by atoms with van der Waals surface area (Å²) >= 11 is 0. The van der Waals surface area contributed by atoms with E-state index in [-0.39, 0.29) is 0 Å². The van der Waals surface area contributed by atoms with Gasteiger partial charge in [-0.05, 0) is 80.6 Å². The highest BCUT2D eigenvalue weighted by atomic mass is 15.1. The van der Waals surface area contributed by atoms with Gasteiger partial charge in [0.2, 0.25) is 0 Å². The molecular formula is C26H31N5. The van der Waals surface area contributed by atoms with Crippen molar-refractivity contribution >= 4 is 10.9 Å². The zero-order chi connectivity index (χ0) is 21.6. The van der Waals surface area contributed by atoms with Gasteiger partial charge in [-0.1, -0.05) is 24.3 Å². The fourth-order valence-electron chi connectivity index (χ4n) is 4.09. The third kappa shape index (κ3) is 5.01. The Morgan fingerprint density at radius 1 is 0.935 bits per heavy atom. The van der Waals surface area contributed by atoms with Gasteiger partial charge < -0.3 is 10.3 Å². The van der Waals surface area contributed by atoms with Crippen molar-refractivity contribution < 1.29 is 0 Å². The lowest BCUT2D eigenvalue weighted by molar-refractivity contribution is 0.245. The molecule has 0 saturated heterocycles. The lowest BCUT2D eigenvalue weighted by Gasteiger charge is -2.24. The van der Waals surface area contributed by atoms with Crippen LogP contribution in [0.5, 0.6) is 0 Å². The Morgan fingerprint density at radius 2 is 1.77 bits per heavy atom. The van der Waals surface area contributed by atoms with E-state index < -0.39 is 0 Å². The molecule has 5 nitrogen and oxygen atoms in total. The van der Waals surface area contributed by atoms with E-state index in [2.05, 4.69) is 72.0 Å². The molecule has 0 aliphatic heterocycles. The standard InChI is InChI=1S/C26H31N5/c1-20-16-21(2)23(29-17-20)18-30(14-6-5-12-27)19-24-26(10-7-13-28-24)31-15-11-22-8-3-4-9-25(22)31/h3-4,7-11,13,15-17H,5-6,12,14,18-19,27H2,1-2H3. The van der Waals surface area contributed by atoms with E-state index in [0.717, 1.165) is 56.1 Å². The first-order valence-electron chi connectivity index (χ1n) is 11.0. The quantitative estimate of drug-likeness (QED) is 0.401. The Morgan fingerprint density at radius 3 is 2.61 bits per heavy atom. The summed E-state index contributed by atoms with van der Waals surface area (Å²) in [6.45, 7) is 7.49. The first-order valence-corrected chi connectivity index (χ1v) is 11.0. The van der Waals surface area contributed by atoms with Gasteiger partial charge in [-0.2, -0.15) is 0 Å². The number of para-hydroxylation sites is 1. The molecule has 0 fully saturated rings. The normalized spacial score (nSPS) is 11.5. The van der Waals surface area contributed by atoms with Gasteiger partial charge in [0.25, 0.3) is 0 Å². The van der Waals surface area contributed by atoms with Crippen molar-refractivity contribution in [1.82, 2.24) is 19.4 Å². The number of hydrogen-bond donors (Lipinski definition) is 1. The molecular weight excluding hydrogens is 382 g/mol. The number of nitrogens with zero attached hydrogens (tertiary/aromatic N) is 4. The van der Waals surface area contributed by atoms with Gasteiger partial charge in [-0.15, -0.1) is 0 Å². The second-order valence-corrected chi connectivity index (χ2v) is 8.20. The molecule has 4 rings (SSSR count). The summed E-state index contributed by atoms with van der Waals surface area (Å²) in [5.41, 5.74) is 12.7. The van der Waals surface area contributed by atoms with Gasteiger partial charge in [0.05, 0.1) is 22.6 Å². The zero-order valence-electron chi connectivity index (χ0n) is 18.5. The van der Waals surface area contributed by atoms with Crippen LogP contribution >= 0.6 is 0 Å². The summed E-state index contributed by atoms with van der Waals surface area (Å²) in [5.74, 6) is 0. The van der Waals surface area contributed by atoms with E-state index in [1.165, 1.54) is 22.0 Å². The fourth-order valence-corrected chi connectivity index (χ4v) is 4.09. The lowest BCUT2D eigenvalue weighted by atomic mass is 10.1. The van der Waals surface area contributed by atoms with Gasteiger partial charge in [0.1, 0.15) is 0 Å². The van der Waals surface area contributed by atoms with Crippen LogP contribution in [0, 0.1) is 13.8 Å². The van der Waals surface area contributed by atoms with Crippen LogP contribution in [0.1, 0.15) is 35.4 Å². The molecule has 160 valence electrons. The maximum absolute atomic E-state index is 5.76. The van der Waals surface area contributed by atoms with Crippen molar-refractivity contribution in [2.75, 3.05) is 13.1 Å². The third-order valence-electron chi connectivity index (χ3n) is 5.72. The molecule has 3 aromatic heterocycles. The van der Waals surface area contributed by atoms with Crippen LogP contribution in [0.15, 0.2) is 67.1 Å². The molecule has 0 atom stereocenters. The minimum absolute atomic E-state index is 0.722. The Kier molecular flexibility index (Phi) is 6.75. The highest BCUT2D eigenvalue weighted by molar-refractivity contribution is 5.82. The van der Waals surface area contributed by atoms with Gasteiger partial charge in [-0.25, -0.2) is 0 Å². The van der Waals surface area contributed by atoms with E-state index in [1.54, 1.807) is 0 Å². The molecule has 0 saturated carbocycles. The fraction of sp³-hybridized carbons (Fsp3) is 0.308. The van der Waals surface area contributed by atoms with Crippen molar-refractivity contribution in [1.29, 1.82) is 0 Å². The van der Waals surface area contributed by atoms with Gasteiger partial charge in [0.15, 0.2) is 0 Å². The minimum atomic E-state index is 0.722. The summed E-state index contributed by atoms with van der Waals surface area (Å²) in [5, 5.41) is 1.23. The Hall–Kier alpha value is -3.02. The molecule has 0 aliphatic rings. The molecule has 4 aromatic rings. The van der Waals surface area contributed by atoms with Gasteiger partial charge >= 0.3 is 0 Å². The summed E-state index contributed by atoms with van der Waals surface area (Å²) < 4.78 is 2.24. The first-order chi connectivity index (χ1) is 15.2. The number of unbranched alkanes of at least 4 members (excludes halogenated alkanes) is 1. The molecule has 31 heavy (non-hydrogen) atoms. The number of pyridine rings is 2. The Balaban J connectivity index is 1.63. The van der Waals surface area contributed by atoms with Crippen molar-refractivity contribution in [2.24, 2.45) is 5.73 Å². The van der Waals surface area contributed by atoms with E-state index in [9.17, 15) is 0 Å². The average Bonchev–Trinajstić information content (AvgIpc) is 3.20. The summed E-state index contributed by atoms with van der Waals surface area (Å²) in [4.78, 5) is 11.9. The van der Waals surface area contributed by atoms with Crippen molar-refractivity contribution in [2.45, 2.75) is 39.8 Å². The van der Waals surface area contributed by atoms with Crippen LogP contribution in [0.25, 0.3) is 16.6 Å². The topological polar surface area (TPSA) is 60.0 Å². The second-order valence-electron chi connectivity index (χ2n) is 8.20. The molecule has 1 aromatic carbocycles. The van der Waals surface area contributed by atoms with Gasteiger partial charge in [-0.3, -0.25) is 14.9 Å². The highest BCUT2D eigenvalue weighted by Gasteiger charge is 2.15. The lowest BCUT2D eigenvalue weighted by Crippen LogP contribution is -2.26. The maximum atomic E-state index is 5.76. The Bertz CT molecular complexity index is 1150. The van der Waals surface area contributed by atoms with E-state index in [1.807, 2.05) is 18.5 Å². The van der Waals surface area contributed by atoms with Crippen LogP contribution < -0.4 is 5.73 Å². The van der Waals surface area contributed by atoms with Crippen LogP contribution in [0.3, 0.4) is 0 Å². The van der Waals surface area contributed by atoms with Crippen molar-refractivity contribution in [3.8, 4) is 5.69 Å². The molecule has 0 spiro atoms. The molecule has 0 aliphatic carbocycles. The maximum Gasteiger partial charge on any atom is 0.0783 e. The number of nitrogens with two attached hydrogens (primary N) is 1. The summed E-state index contributed by atoms with van der Waals surface area (Å²) in [6, 6.07) is 17.0. The van der Waals surface area contributed by atoms with E-state index in [4.69, 9.17) is 15.7 Å². The Labute approximate surface area is 184 Å². The molecule has 2 N–H and O–H groups in total. The SMILES string of the molecule is Cc1cnc(CN(CCCCN)Cc2ncccc2-n2ccc3ccccc32)c(C)c1. The van der Waals surface area contributed by atoms with Crippen LogP contribution in [0.2, 0.25) is 0 Å². The van der Waals surface area contributed by atoms with Crippen molar-refractivity contribution in [3.63, 3.8) is 0 Å².